The molecule has 0 aliphatic carbocycles. The van der Waals surface area contributed by atoms with Crippen molar-refractivity contribution in [2.75, 3.05) is 25.5 Å². The summed E-state index contributed by atoms with van der Waals surface area (Å²) in [6, 6.07) is 4.01. The number of fused-ring (bicyclic) bond motifs is 1. The first-order valence-corrected chi connectivity index (χ1v) is 10.4. The third kappa shape index (κ3) is 4.10. The highest BCUT2D eigenvalue weighted by Gasteiger charge is 2.54. The summed E-state index contributed by atoms with van der Waals surface area (Å²) < 4.78 is 61.5. The molecule has 9 nitrogen and oxygen atoms in total. The molecule has 1 aliphatic rings. The molecule has 0 spiro atoms. The van der Waals surface area contributed by atoms with E-state index in [4.69, 9.17) is 4.74 Å². The number of methoxy groups -OCH3 is 1. The molecule has 1 saturated heterocycles. The van der Waals surface area contributed by atoms with Crippen molar-refractivity contribution in [3.63, 3.8) is 0 Å². The third-order valence-corrected chi connectivity index (χ3v) is 5.67. The highest BCUT2D eigenvalue weighted by Crippen LogP contribution is 2.41. The zero-order chi connectivity index (χ0) is 24.7. The first kappa shape index (κ1) is 23.7. The Hall–Kier alpha value is -3.50. The Kier molecular flexibility index (Phi) is 6.05. The molecule has 4 rings (SSSR count). The molecule has 13 heteroatoms. The number of ether oxygens (including phenoxy) is 1. The van der Waals surface area contributed by atoms with E-state index in [1.807, 2.05) is 6.07 Å². The lowest BCUT2D eigenvalue weighted by molar-refractivity contribution is -0.261. The first-order chi connectivity index (χ1) is 16.1. The number of pyridine rings is 1. The molecule has 3 aromatic rings. The van der Waals surface area contributed by atoms with Crippen LogP contribution in [0.4, 0.5) is 23.4 Å². The Morgan fingerprint density at radius 3 is 2.74 bits per heavy atom. The van der Waals surface area contributed by atoms with Crippen LogP contribution in [0.3, 0.4) is 0 Å². The molecule has 3 aromatic heterocycles. The molecule has 180 valence electrons. The third-order valence-electron chi connectivity index (χ3n) is 5.67. The first-order valence-electron chi connectivity index (χ1n) is 10.4. The van der Waals surface area contributed by atoms with Gasteiger partial charge in [-0.2, -0.15) is 23.5 Å². The maximum absolute atomic E-state index is 15.0. The van der Waals surface area contributed by atoms with Gasteiger partial charge in [-0.1, -0.05) is 0 Å². The highest BCUT2D eigenvalue weighted by atomic mass is 19.4. The molecule has 0 bridgehead atoms. The minimum atomic E-state index is -5.06. The molecule has 0 radical (unpaired) electrons. The second-order valence-corrected chi connectivity index (χ2v) is 8.06. The standard InChI is InChI=1S/C21H21F4N7O2/c1-20(33,21(23,24)25)18-15(34-2)7-16-28-10-14(32(16)31-18)17-13(22)6-11(8-26)19(30-17)29-12-4-3-5-27-9-12/h6-7,10,12,27,33H,3-5,9H2,1-2H3,(H,29,30)/t12?,20-/m0/s1. The molecular formula is C21H21F4N7O2. The summed E-state index contributed by atoms with van der Waals surface area (Å²) in [5.41, 5.74) is -4.49. The summed E-state index contributed by atoms with van der Waals surface area (Å²) in [5.74, 6) is -1.08. The number of halogens is 4. The van der Waals surface area contributed by atoms with Gasteiger partial charge in [0.1, 0.15) is 34.7 Å². The van der Waals surface area contributed by atoms with Crippen molar-refractivity contribution < 1.29 is 27.4 Å². The van der Waals surface area contributed by atoms with Crippen LogP contribution in [0.25, 0.3) is 17.0 Å². The second-order valence-electron chi connectivity index (χ2n) is 8.06. The molecule has 4 heterocycles. The fraction of sp³-hybridized carbons (Fsp3) is 0.429. The number of imidazole rings is 1. The molecule has 0 saturated carbocycles. The number of nitrogens with one attached hydrogen (secondary N) is 2. The van der Waals surface area contributed by atoms with Crippen LogP contribution in [-0.2, 0) is 5.60 Å². The maximum atomic E-state index is 15.0. The number of hydrogen-bond donors (Lipinski definition) is 3. The maximum Gasteiger partial charge on any atom is 0.422 e. The van der Waals surface area contributed by atoms with Crippen molar-refractivity contribution in [2.24, 2.45) is 0 Å². The zero-order valence-electron chi connectivity index (χ0n) is 18.2. The van der Waals surface area contributed by atoms with E-state index in [9.17, 15) is 27.9 Å². The van der Waals surface area contributed by atoms with Crippen molar-refractivity contribution in [3.05, 3.63) is 35.4 Å². The number of aliphatic hydroxyl groups is 1. The number of hydrogen-bond acceptors (Lipinski definition) is 8. The van der Waals surface area contributed by atoms with E-state index in [0.29, 0.717) is 13.5 Å². The SMILES string of the molecule is COc1cc2ncc(-c3nc(NC4CCCNC4)c(C#N)cc3F)n2nc1[C@](C)(O)C(F)(F)F. The molecule has 34 heavy (non-hydrogen) atoms. The normalized spacial score (nSPS) is 18.4. The quantitative estimate of drug-likeness (QED) is 0.478. The van der Waals surface area contributed by atoms with Crippen LogP contribution in [0.2, 0.25) is 0 Å². The van der Waals surface area contributed by atoms with Crippen LogP contribution in [-0.4, -0.2) is 57.1 Å². The fourth-order valence-electron chi connectivity index (χ4n) is 3.72. The van der Waals surface area contributed by atoms with Crippen molar-refractivity contribution >= 4 is 11.5 Å². The number of aromatic nitrogens is 4. The van der Waals surface area contributed by atoms with E-state index >= 15 is 0 Å². The van der Waals surface area contributed by atoms with E-state index in [1.165, 1.54) is 6.20 Å². The van der Waals surface area contributed by atoms with Gasteiger partial charge in [0, 0.05) is 18.7 Å². The summed E-state index contributed by atoms with van der Waals surface area (Å²) in [7, 11) is 1.13. The summed E-state index contributed by atoms with van der Waals surface area (Å²) in [6.07, 6.45) is -2.14. The molecule has 1 aliphatic heterocycles. The molecule has 0 aromatic carbocycles. The van der Waals surface area contributed by atoms with Gasteiger partial charge in [-0.3, -0.25) is 0 Å². The lowest BCUT2D eigenvalue weighted by Crippen LogP contribution is -2.40. The monoisotopic (exact) mass is 479 g/mol. The number of nitrogens with zero attached hydrogens (tertiary/aromatic N) is 5. The van der Waals surface area contributed by atoms with Crippen LogP contribution in [0.1, 0.15) is 31.0 Å². The molecule has 1 fully saturated rings. The van der Waals surface area contributed by atoms with Gasteiger partial charge in [-0.15, -0.1) is 0 Å². The van der Waals surface area contributed by atoms with Crippen molar-refractivity contribution in [1.29, 1.82) is 5.26 Å². The topological polar surface area (TPSA) is 120 Å². The summed E-state index contributed by atoms with van der Waals surface area (Å²) in [4.78, 5) is 8.33. The number of alkyl halides is 3. The number of nitriles is 1. The minimum Gasteiger partial charge on any atom is -0.495 e. The van der Waals surface area contributed by atoms with Crippen LogP contribution in [0, 0.1) is 17.1 Å². The van der Waals surface area contributed by atoms with Gasteiger partial charge in [0.2, 0.25) is 5.60 Å². The number of piperidine rings is 1. The van der Waals surface area contributed by atoms with E-state index in [0.717, 1.165) is 43.1 Å². The Balaban J connectivity index is 1.86. The van der Waals surface area contributed by atoms with Crippen molar-refractivity contribution in [3.8, 4) is 23.2 Å². The van der Waals surface area contributed by atoms with Gasteiger partial charge in [0.15, 0.2) is 11.5 Å². The molecular weight excluding hydrogens is 458 g/mol. The Morgan fingerprint density at radius 2 is 2.12 bits per heavy atom. The summed E-state index contributed by atoms with van der Waals surface area (Å²) in [5, 5.41) is 29.9. The van der Waals surface area contributed by atoms with E-state index in [-0.39, 0.29) is 40.2 Å². The van der Waals surface area contributed by atoms with Crippen molar-refractivity contribution in [2.45, 2.75) is 37.6 Å². The lowest BCUT2D eigenvalue weighted by atomic mass is 10.0. The van der Waals surface area contributed by atoms with Crippen LogP contribution >= 0.6 is 0 Å². The van der Waals surface area contributed by atoms with Crippen molar-refractivity contribution in [1.82, 2.24) is 24.9 Å². The highest BCUT2D eigenvalue weighted by molar-refractivity contribution is 5.66. The predicted octanol–water partition coefficient (Wildman–Crippen LogP) is 2.74. The summed E-state index contributed by atoms with van der Waals surface area (Å²) in [6.45, 7) is 2.04. The summed E-state index contributed by atoms with van der Waals surface area (Å²) >= 11 is 0. The average molecular weight is 479 g/mol. The van der Waals surface area contributed by atoms with E-state index in [1.54, 1.807) is 0 Å². The van der Waals surface area contributed by atoms with Gasteiger partial charge < -0.3 is 20.5 Å². The molecule has 2 atom stereocenters. The zero-order valence-corrected chi connectivity index (χ0v) is 18.2. The Labute approximate surface area is 191 Å². The number of rotatable bonds is 5. The second kappa shape index (κ2) is 8.69. The fourth-order valence-corrected chi connectivity index (χ4v) is 3.72. The minimum absolute atomic E-state index is 0.0176. The molecule has 3 N–H and O–H groups in total. The molecule has 0 amide bonds. The van der Waals surface area contributed by atoms with Gasteiger partial charge in [-0.25, -0.2) is 18.9 Å². The lowest BCUT2D eigenvalue weighted by Gasteiger charge is -2.27. The van der Waals surface area contributed by atoms with Crippen LogP contribution in [0.15, 0.2) is 18.3 Å². The van der Waals surface area contributed by atoms with E-state index in [2.05, 4.69) is 25.7 Å². The predicted molar refractivity (Wildman–Crippen MR) is 113 cm³/mol. The average Bonchev–Trinajstić information content (AvgIpc) is 3.21. The van der Waals surface area contributed by atoms with Gasteiger partial charge in [-0.05, 0) is 32.4 Å². The van der Waals surface area contributed by atoms with E-state index < -0.39 is 23.3 Å². The Bertz CT molecular complexity index is 1260. The smallest absolute Gasteiger partial charge is 0.422 e. The van der Waals surface area contributed by atoms with Crippen LogP contribution < -0.4 is 15.4 Å². The largest absolute Gasteiger partial charge is 0.495 e. The van der Waals surface area contributed by atoms with Gasteiger partial charge >= 0.3 is 6.18 Å². The van der Waals surface area contributed by atoms with Gasteiger partial charge in [0.25, 0.3) is 0 Å². The number of anilines is 1. The van der Waals surface area contributed by atoms with Gasteiger partial charge in [0.05, 0.1) is 18.9 Å². The molecule has 1 unspecified atom stereocenters. The Morgan fingerprint density at radius 1 is 1.35 bits per heavy atom. The van der Waals surface area contributed by atoms with Crippen LogP contribution in [0.5, 0.6) is 5.75 Å².